The number of nitrogens with two attached hydrogens (primary N) is 1. The fourth-order valence-corrected chi connectivity index (χ4v) is 12.7. The Hall–Kier alpha value is -2.01. The summed E-state index contributed by atoms with van der Waals surface area (Å²) in [4.78, 5) is 13.0. The fourth-order valence-electron chi connectivity index (χ4n) is 12.7. The van der Waals surface area contributed by atoms with Crippen LogP contribution in [0.4, 0.5) is 0 Å². The molecule has 0 aliphatic carbocycles. The maximum Gasteiger partial charge on any atom is 0.364 e. The number of hydrogen-bond acceptors (Lipinski definition) is 38. The predicted molar refractivity (Wildman–Crippen MR) is 306 cm³/mol. The summed E-state index contributed by atoms with van der Waals surface area (Å²) in [7, 11) is 0. The topological polar surface area (TPSA) is 627 Å². The molecule has 16 unspecified atom stereocenters. The molecule has 0 aromatic rings. The molecule has 7 heterocycles. The summed E-state index contributed by atoms with van der Waals surface area (Å²) in [5.74, 6) is -8.86. The van der Waals surface area contributed by atoms with E-state index in [9.17, 15) is 117 Å². The van der Waals surface area contributed by atoms with Crippen LogP contribution in [-0.4, -0.2) is 398 Å². The van der Waals surface area contributed by atoms with E-state index in [4.69, 9.17) is 76.8 Å². The van der Waals surface area contributed by atoms with Crippen LogP contribution >= 0.6 is 0 Å². The Morgan fingerprint density at radius 2 is 0.979 bits per heavy atom. The normalized spacial score (nSPS) is 47.7. The van der Waals surface area contributed by atoms with Gasteiger partial charge in [0, 0.05) is 30.1 Å². The number of carbonyl (C=O) groups is 1. The third-order valence-corrected chi connectivity index (χ3v) is 19.2. The molecule has 7 aliphatic heterocycles. The van der Waals surface area contributed by atoms with Crippen LogP contribution < -0.4 is 5.73 Å². The van der Waals surface area contributed by atoms with Crippen molar-refractivity contribution < 1.29 is 188 Å². The highest BCUT2D eigenvalue weighted by Gasteiger charge is 2.60. The van der Waals surface area contributed by atoms with Crippen molar-refractivity contribution in [3.63, 3.8) is 0 Å². The van der Waals surface area contributed by atoms with E-state index in [1.165, 1.54) is 27.7 Å². The summed E-state index contributed by atoms with van der Waals surface area (Å²) in [6, 6.07) is -1.54. The van der Waals surface area contributed by atoms with Crippen molar-refractivity contribution in [2.24, 2.45) is 29.4 Å². The Balaban J connectivity index is 1.09. The van der Waals surface area contributed by atoms with E-state index in [0.29, 0.717) is 0 Å². The summed E-state index contributed by atoms with van der Waals surface area (Å²) in [5, 5.41) is 238. The van der Waals surface area contributed by atoms with Gasteiger partial charge in [-0.3, -0.25) is 0 Å². The van der Waals surface area contributed by atoms with Crippen LogP contribution in [0.2, 0.25) is 0 Å². The number of rotatable bonds is 30. The zero-order valence-electron chi connectivity index (χ0n) is 53.5. The summed E-state index contributed by atoms with van der Waals surface area (Å²) < 4.78 is 89.1. The Morgan fingerprint density at radius 3 is 1.52 bits per heavy atom. The van der Waals surface area contributed by atoms with Crippen molar-refractivity contribution in [2.75, 3.05) is 59.5 Å². The summed E-state index contributed by atoms with van der Waals surface area (Å²) >= 11 is 0. The number of aliphatic hydroxyl groups excluding tert-OH is 21. The van der Waals surface area contributed by atoms with Gasteiger partial charge in [-0.25, -0.2) is 4.79 Å². The molecule has 562 valence electrons. The molecular weight excluding hydrogens is 1310 g/mol. The first-order valence-electron chi connectivity index (χ1n) is 31.9. The highest BCUT2D eigenvalue weighted by Crippen LogP contribution is 2.42. The first kappa shape index (κ1) is 81.3. The zero-order valence-corrected chi connectivity index (χ0v) is 53.5. The van der Waals surface area contributed by atoms with Gasteiger partial charge in [-0.15, -0.1) is 0 Å². The molecule has 0 aromatic carbocycles. The Labute approximate surface area is 550 Å². The molecule has 0 bridgehead atoms. The minimum Gasteiger partial charge on any atom is -0.477 e. The lowest BCUT2D eigenvalue weighted by atomic mass is 9.87. The minimum atomic E-state index is -2.94. The Kier molecular flexibility index (Phi) is 30.0. The molecule has 0 amide bonds. The average molecular weight is 1410 g/mol. The van der Waals surface area contributed by atoms with Crippen molar-refractivity contribution in [3.05, 3.63) is 0 Å². The van der Waals surface area contributed by atoms with Gasteiger partial charge in [0.1, 0.15) is 122 Å². The van der Waals surface area contributed by atoms with Crippen LogP contribution in [0.15, 0.2) is 0 Å². The molecule has 24 N–H and O–H groups in total. The second kappa shape index (κ2) is 35.4. The van der Waals surface area contributed by atoms with E-state index >= 15 is 0 Å². The van der Waals surface area contributed by atoms with Crippen LogP contribution in [0.25, 0.3) is 0 Å². The highest BCUT2D eigenvalue weighted by atomic mass is 16.8. The molecule has 7 rings (SSSR count). The molecule has 96 heavy (non-hydrogen) atoms. The summed E-state index contributed by atoms with van der Waals surface area (Å²) in [6.45, 7) is 0.556. The van der Waals surface area contributed by atoms with Gasteiger partial charge in [0.25, 0.3) is 5.79 Å². The molecule has 7 fully saturated rings. The third-order valence-electron chi connectivity index (χ3n) is 19.2. The first-order valence-corrected chi connectivity index (χ1v) is 31.9. The second-order valence-electron chi connectivity index (χ2n) is 25.7. The number of carboxylic acid groups (broad SMARTS) is 1. The lowest BCUT2D eigenvalue weighted by molar-refractivity contribution is -0.390. The van der Waals surface area contributed by atoms with Crippen LogP contribution in [0.1, 0.15) is 48.0 Å². The number of ether oxygens (including phenoxy) is 15. The number of aliphatic hydroxyl groups is 21. The maximum absolute atomic E-state index is 13.0. The smallest absolute Gasteiger partial charge is 0.364 e. The number of hydrogen-bond donors (Lipinski definition) is 23. The molecule has 39 heteroatoms. The van der Waals surface area contributed by atoms with E-state index in [1.807, 2.05) is 0 Å². The van der Waals surface area contributed by atoms with Crippen molar-refractivity contribution in [2.45, 2.75) is 268 Å². The van der Waals surface area contributed by atoms with Crippen molar-refractivity contribution in [3.8, 4) is 0 Å². The Bertz CT molecular complexity index is 2330. The van der Waals surface area contributed by atoms with Gasteiger partial charge in [0.05, 0.1) is 114 Å². The SMILES string of the molecule is C[C@H]1C(CO)O[C@@H](O[C@H]2C(CO)O[C@@H](OC3C(O)[C@H](O)[C@@H](CO)O[C@@H]3O[C@H](C)[C@H](O)C(CO[C@H]3OC(CO)[C@@H](O)C(O)[C@H]3O)O[C@H](CO)O[C@@H]3C(CO)O[C@@H](O[C@@H]4C(CO)O[C@@H](C)[C@@H](C)C4O)[C@@H](C)C3O)[C@@H](C)C2O)[C@@H](O)C1O[C@]1(C(=O)O)C[C@@H](O)[C@@H](N)C(C(O)C(O)CO)O1. The lowest BCUT2D eigenvalue weighted by Gasteiger charge is -2.51. The molecule has 0 saturated carbocycles. The molecular formula is C57H101NO38. The highest BCUT2D eigenvalue weighted by molar-refractivity contribution is 5.76. The van der Waals surface area contributed by atoms with Gasteiger partial charge in [-0.1, -0.05) is 27.7 Å². The molecule has 7 saturated heterocycles. The summed E-state index contributed by atoms with van der Waals surface area (Å²) in [6.07, 6.45) is -59.1. The largest absolute Gasteiger partial charge is 0.477 e. The van der Waals surface area contributed by atoms with Gasteiger partial charge >= 0.3 is 5.97 Å². The van der Waals surface area contributed by atoms with Gasteiger partial charge in [-0.2, -0.15) is 0 Å². The molecule has 40 atom stereocenters. The monoisotopic (exact) mass is 1410 g/mol. The Morgan fingerprint density at radius 1 is 0.500 bits per heavy atom. The van der Waals surface area contributed by atoms with Crippen LogP contribution in [0.5, 0.6) is 0 Å². The standard InChI is InChI=1S/C57H101NO38/c1-17-21(5)83-28(12-63)47(34(17)69)92-51-19(3)35(70)46(29(13-64)89-51)91-32(15-66)85-31(16-82-53-43(78)41(76)39(74)26(10-61)87-53)37(72)22(6)84-55-50(42(77)40(75)27(11-62)88-55)94-52-20(4)36(71)48(30(14-65)90-52)93-54-44(79)45(18(2)25(9-60)86-54)95-57(56(80)81)7-23(67)33(58)49(96-57)38(73)24(68)8-59/h17-55,59-79H,7-16,58H2,1-6H3,(H,80,81)/t17-,18+,19+,20+,21+,22-,23-,24?,25?,26?,27-,28?,29?,30?,31?,32+,33-,34?,35?,36?,37+,38?,39-,40-,41?,42?,43-,44+,45?,46-,47-,48+,49?,50?,51+,52+,53+,54+,55+,57-/m1/s1. The molecule has 7 aliphatic rings. The van der Waals surface area contributed by atoms with Gasteiger partial charge in [0.2, 0.25) is 0 Å². The minimum absolute atomic E-state index is 0.474. The van der Waals surface area contributed by atoms with Crippen molar-refractivity contribution in [1.29, 1.82) is 0 Å². The number of aliphatic carboxylic acids is 1. The van der Waals surface area contributed by atoms with Gasteiger partial charge in [0.15, 0.2) is 37.7 Å². The first-order chi connectivity index (χ1) is 45.3. The van der Waals surface area contributed by atoms with Crippen molar-refractivity contribution >= 4 is 5.97 Å². The molecule has 0 aromatic heterocycles. The van der Waals surface area contributed by atoms with Gasteiger partial charge < -0.3 is 189 Å². The number of carboxylic acids is 1. The zero-order chi connectivity index (χ0) is 71.3. The van der Waals surface area contributed by atoms with Crippen LogP contribution in [-0.2, 0) is 75.8 Å². The van der Waals surface area contributed by atoms with E-state index < -0.39 is 316 Å². The fraction of sp³-hybridized carbons (Fsp3) is 0.982. The van der Waals surface area contributed by atoms with E-state index in [0.717, 1.165) is 0 Å². The third kappa shape index (κ3) is 17.6. The average Bonchev–Trinajstić information content (AvgIpc) is 0.761. The van der Waals surface area contributed by atoms with Crippen LogP contribution in [0, 0.1) is 23.7 Å². The second-order valence-corrected chi connectivity index (χ2v) is 25.7. The van der Waals surface area contributed by atoms with Crippen molar-refractivity contribution in [1.82, 2.24) is 0 Å². The van der Waals surface area contributed by atoms with E-state index in [1.54, 1.807) is 13.8 Å². The molecule has 0 spiro atoms. The quantitative estimate of drug-likeness (QED) is 0.0297. The van der Waals surface area contributed by atoms with Gasteiger partial charge in [-0.05, 0) is 13.8 Å². The maximum atomic E-state index is 13.0. The lowest BCUT2D eigenvalue weighted by Crippen LogP contribution is -2.69. The van der Waals surface area contributed by atoms with E-state index in [2.05, 4.69) is 0 Å². The molecule has 0 radical (unpaired) electrons. The van der Waals surface area contributed by atoms with E-state index in [-0.39, 0.29) is 0 Å². The van der Waals surface area contributed by atoms with Crippen LogP contribution in [0.3, 0.4) is 0 Å². The summed E-state index contributed by atoms with van der Waals surface area (Å²) in [5.41, 5.74) is 6.02. The molecule has 39 nitrogen and oxygen atoms in total. The predicted octanol–water partition coefficient (Wildman–Crippen LogP) is -12.5.